The summed E-state index contributed by atoms with van der Waals surface area (Å²) < 4.78 is 53.4. The van der Waals surface area contributed by atoms with Gasteiger partial charge in [-0.2, -0.15) is 8.42 Å². The molecule has 4 rings (SSSR count). The zero-order valence-electron chi connectivity index (χ0n) is 16.9. The SMILES string of the molecule is CCOC(=O)Cn1c(=NS(=O)(=O)c2ccc(OC)cc2)sc2cc3c(cc21)OCCO3. The smallest absolute Gasteiger partial charge is 0.326 e. The number of nitrogens with zero attached hydrogens (tertiary/aromatic N) is 2. The monoisotopic (exact) mass is 464 g/mol. The zero-order valence-corrected chi connectivity index (χ0v) is 18.5. The molecule has 0 spiro atoms. The summed E-state index contributed by atoms with van der Waals surface area (Å²) in [5.74, 6) is 1.12. The molecule has 164 valence electrons. The standard InChI is InChI=1S/C20H20N2O7S2/c1-3-27-19(23)12-22-15-10-16-17(29-9-8-28-16)11-18(15)30-20(22)21-31(24,25)14-6-4-13(26-2)5-7-14/h4-7,10-11H,3,8-9,12H2,1-2H3. The van der Waals surface area contributed by atoms with Crippen molar-refractivity contribution >= 4 is 37.5 Å². The Morgan fingerprint density at radius 1 is 1.16 bits per heavy atom. The molecule has 0 amide bonds. The Morgan fingerprint density at radius 2 is 1.84 bits per heavy atom. The number of carbonyl (C=O) groups excluding carboxylic acids is 1. The molecule has 9 nitrogen and oxygen atoms in total. The molecule has 0 bridgehead atoms. The summed E-state index contributed by atoms with van der Waals surface area (Å²) in [6, 6.07) is 9.40. The van der Waals surface area contributed by atoms with Crippen LogP contribution in [0.1, 0.15) is 6.92 Å². The average Bonchev–Trinajstić information content (AvgIpc) is 3.07. The summed E-state index contributed by atoms with van der Waals surface area (Å²) in [6.45, 7) is 2.56. The van der Waals surface area contributed by atoms with Gasteiger partial charge >= 0.3 is 5.97 Å². The van der Waals surface area contributed by atoms with Crippen LogP contribution < -0.4 is 19.0 Å². The van der Waals surface area contributed by atoms with Crippen LogP contribution >= 0.6 is 11.3 Å². The summed E-state index contributed by atoms with van der Waals surface area (Å²) in [7, 11) is -2.53. The molecule has 0 saturated heterocycles. The van der Waals surface area contributed by atoms with Crippen LogP contribution in [-0.2, 0) is 26.1 Å². The van der Waals surface area contributed by atoms with E-state index in [1.54, 1.807) is 31.2 Å². The highest BCUT2D eigenvalue weighted by atomic mass is 32.2. The van der Waals surface area contributed by atoms with E-state index in [9.17, 15) is 13.2 Å². The Kier molecular flexibility index (Phi) is 5.88. The topological polar surface area (TPSA) is 105 Å². The number of fused-ring (bicyclic) bond motifs is 2. The number of methoxy groups -OCH3 is 1. The summed E-state index contributed by atoms with van der Waals surface area (Å²) in [6.07, 6.45) is 0. The third-order valence-electron chi connectivity index (χ3n) is 4.49. The molecule has 3 aromatic rings. The van der Waals surface area contributed by atoms with Gasteiger partial charge in [0, 0.05) is 12.1 Å². The van der Waals surface area contributed by atoms with E-state index in [-0.39, 0.29) is 22.8 Å². The van der Waals surface area contributed by atoms with Gasteiger partial charge in [0.15, 0.2) is 11.5 Å². The van der Waals surface area contributed by atoms with E-state index in [4.69, 9.17) is 18.9 Å². The van der Waals surface area contributed by atoms with Gasteiger partial charge in [-0.1, -0.05) is 11.3 Å². The van der Waals surface area contributed by atoms with Crippen LogP contribution in [0.2, 0.25) is 0 Å². The Hall–Kier alpha value is -3.05. The Labute approximate surface area is 182 Å². The second kappa shape index (κ2) is 8.60. The van der Waals surface area contributed by atoms with E-state index in [0.717, 1.165) is 11.3 Å². The molecular formula is C20H20N2O7S2. The fourth-order valence-electron chi connectivity index (χ4n) is 3.07. The molecule has 0 N–H and O–H groups in total. The number of ether oxygens (including phenoxy) is 4. The minimum Gasteiger partial charge on any atom is -0.497 e. The summed E-state index contributed by atoms with van der Waals surface area (Å²) in [5.41, 5.74) is 0.603. The van der Waals surface area contributed by atoms with Crippen molar-refractivity contribution in [3.8, 4) is 17.2 Å². The highest BCUT2D eigenvalue weighted by molar-refractivity contribution is 7.90. The van der Waals surface area contributed by atoms with Crippen molar-refractivity contribution < 1.29 is 32.2 Å². The lowest BCUT2D eigenvalue weighted by Crippen LogP contribution is -2.23. The molecule has 0 aliphatic carbocycles. The van der Waals surface area contributed by atoms with Gasteiger partial charge in [0.25, 0.3) is 10.0 Å². The molecule has 31 heavy (non-hydrogen) atoms. The molecular weight excluding hydrogens is 444 g/mol. The number of aromatic nitrogens is 1. The number of hydrogen-bond acceptors (Lipinski definition) is 8. The van der Waals surface area contributed by atoms with Crippen LogP contribution in [0.5, 0.6) is 17.2 Å². The number of sulfonamides is 1. The third kappa shape index (κ3) is 4.37. The van der Waals surface area contributed by atoms with E-state index in [2.05, 4.69) is 4.40 Å². The van der Waals surface area contributed by atoms with Crippen molar-refractivity contribution in [1.29, 1.82) is 0 Å². The van der Waals surface area contributed by atoms with Gasteiger partial charge in [-0.05, 0) is 31.2 Å². The second-order valence-corrected chi connectivity index (χ2v) is 9.09. The van der Waals surface area contributed by atoms with Crippen LogP contribution in [0.25, 0.3) is 10.2 Å². The predicted molar refractivity (Wildman–Crippen MR) is 113 cm³/mol. The molecule has 1 aliphatic rings. The van der Waals surface area contributed by atoms with Gasteiger partial charge in [-0.15, -0.1) is 4.40 Å². The average molecular weight is 465 g/mol. The first-order chi connectivity index (χ1) is 14.9. The lowest BCUT2D eigenvalue weighted by atomic mass is 10.2. The molecule has 0 fully saturated rings. The summed E-state index contributed by atoms with van der Waals surface area (Å²) in [4.78, 5) is 12.4. The molecule has 1 aliphatic heterocycles. The van der Waals surface area contributed by atoms with Gasteiger partial charge < -0.3 is 23.5 Å². The quantitative estimate of drug-likeness (QED) is 0.516. The van der Waals surface area contributed by atoms with Gasteiger partial charge in [0.05, 0.1) is 28.8 Å². The molecule has 2 aromatic carbocycles. The highest BCUT2D eigenvalue weighted by Gasteiger charge is 2.20. The van der Waals surface area contributed by atoms with Crippen LogP contribution in [0.3, 0.4) is 0 Å². The number of benzene rings is 2. The fourth-order valence-corrected chi connectivity index (χ4v) is 5.31. The maximum Gasteiger partial charge on any atom is 0.326 e. The number of esters is 1. The van der Waals surface area contributed by atoms with Crippen molar-refractivity contribution in [2.45, 2.75) is 18.4 Å². The Morgan fingerprint density at radius 3 is 2.48 bits per heavy atom. The number of carbonyl (C=O) groups is 1. The maximum atomic E-state index is 12.9. The normalized spacial score (nSPS) is 13.9. The molecule has 0 unspecified atom stereocenters. The lowest BCUT2D eigenvalue weighted by Gasteiger charge is -2.18. The first-order valence-electron chi connectivity index (χ1n) is 9.45. The molecule has 0 radical (unpaired) electrons. The third-order valence-corrected chi connectivity index (χ3v) is 6.93. The largest absolute Gasteiger partial charge is 0.497 e. The Balaban J connectivity index is 1.87. The lowest BCUT2D eigenvalue weighted by molar-refractivity contribution is -0.143. The van der Waals surface area contributed by atoms with Gasteiger partial charge in [-0.25, -0.2) is 0 Å². The minimum absolute atomic E-state index is 0.0133. The van der Waals surface area contributed by atoms with Crippen molar-refractivity contribution in [2.24, 2.45) is 4.40 Å². The van der Waals surface area contributed by atoms with Crippen molar-refractivity contribution in [1.82, 2.24) is 4.57 Å². The summed E-state index contributed by atoms with van der Waals surface area (Å²) >= 11 is 1.14. The number of hydrogen-bond donors (Lipinski definition) is 0. The van der Waals surface area contributed by atoms with E-state index >= 15 is 0 Å². The predicted octanol–water partition coefficient (Wildman–Crippen LogP) is 2.34. The molecule has 0 saturated carbocycles. The van der Waals surface area contributed by atoms with Crippen LogP contribution in [0, 0.1) is 0 Å². The van der Waals surface area contributed by atoms with Crippen LogP contribution in [0.15, 0.2) is 45.7 Å². The van der Waals surface area contributed by atoms with E-state index in [1.807, 2.05) is 0 Å². The van der Waals surface area contributed by atoms with Crippen LogP contribution in [0.4, 0.5) is 0 Å². The molecule has 2 heterocycles. The van der Waals surface area contributed by atoms with Crippen molar-refractivity contribution in [2.75, 3.05) is 26.9 Å². The van der Waals surface area contributed by atoms with E-state index in [0.29, 0.717) is 40.7 Å². The molecule has 11 heteroatoms. The van der Waals surface area contributed by atoms with Crippen LogP contribution in [-0.4, -0.2) is 45.9 Å². The van der Waals surface area contributed by atoms with Crippen molar-refractivity contribution in [3.63, 3.8) is 0 Å². The maximum absolute atomic E-state index is 12.9. The first kappa shape index (κ1) is 21.2. The summed E-state index contributed by atoms with van der Waals surface area (Å²) in [5, 5.41) is 0. The van der Waals surface area contributed by atoms with E-state index in [1.165, 1.54) is 23.8 Å². The van der Waals surface area contributed by atoms with Gasteiger partial charge in [0.2, 0.25) is 4.80 Å². The highest BCUT2D eigenvalue weighted by Crippen LogP contribution is 2.35. The molecule has 0 atom stereocenters. The van der Waals surface area contributed by atoms with Crippen molar-refractivity contribution in [3.05, 3.63) is 41.2 Å². The zero-order chi connectivity index (χ0) is 22.0. The van der Waals surface area contributed by atoms with Gasteiger partial charge in [0.1, 0.15) is 25.5 Å². The fraction of sp³-hybridized carbons (Fsp3) is 0.300. The first-order valence-corrected chi connectivity index (χ1v) is 11.7. The molecule has 1 aromatic heterocycles. The second-order valence-electron chi connectivity index (χ2n) is 6.48. The minimum atomic E-state index is -4.03. The Bertz CT molecular complexity index is 1290. The van der Waals surface area contributed by atoms with E-state index < -0.39 is 16.0 Å². The number of thiazole rings is 1. The number of rotatable bonds is 6. The van der Waals surface area contributed by atoms with Gasteiger partial charge in [-0.3, -0.25) is 4.79 Å².